The largest absolute Gasteiger partial charge is 0.306 e. The summed E-state index contributed by atoms with van der Waals surface area (Å²) in [4.78, 5) is 19.8. The second-order valence-electron chi connectivity index (χ2n) is 6.71. The standard InChI is InChI=1S/C22H27N3O/c1-3-10-18(11-4-2)22(26)25(19-12-6-5-7-13-19)17-20-16-23-21-14-8-9-15-24(20)21/h5-9,12-16,18H,3-4,10-11,17H2,1-2H3. The van der Waals surface area contributed by atoms with Crippen molar-refractivity contribution in [1.82, 2.24) is 9.38 Å². The average Bonchev–Trinajstić information content (AvgIpc) is 3.09. The SMILES string of the molecule is CCCC(CCC)C(=O)N(Cc1cnc2ccccn12)c1ccccc1. The normalized spacial score (nSPS) is 11.2. The lowest BCUT2D eigenvalue weighted by Gasteiger charge is -2.27. The molecule has 0 fully saturated rings. The molecular weight excluding hydrogens is 322 g/mol. The molecule has 0 aliphatic rings. The maximum Gasteiger partial charge on any atom is 0.230 e. The van der Waals surface area contributed by atoms with Crippen LogP contribution in [-0.2, 0) is 11.3 Å². The zero-order valence-corrected chi connectivity index (χ0v) is 15.6. The number of pyridine rings is 1. The van der Waals surface area contributed by atoms with Crippen LogP contribution in [0.2, 0.25) is 0 Å². The minimum atomic E-state index is 0.0735. The Bertz CT molecular complexity index is 835. The molecule has 4 nitrogen and oxygen atoms in total. The quantitative estimate of drug-likeness (QED) is 0.568. The van der Waals surface area contributed by atoms with Crippen molar-refractivity contribution in [2.24, 2.45) is 5.92 Å². The number of hydrogen-bond donors (Lipinski definition) is 0. The van der Waals surface area contributed by atoms with Crippen LogP contribution in [0.4, 0.5) is 5.69 Å². The Kier molecular flexibility index (Phi) is 6.05. The fourth-order valence-electron chi connectivity index (χ4n) is 3.48. The van der Waals surface area contributed by atoms with Crippen molar-refractivity contribution in [3.05, 3.63) is 66.6 Å². The average molecular weight is 349 g/mol. The Morgan fingerprint density at radius 3 is 2.42 bits per heavy atom. The van der Waals surface area contributed by atoms with Crippen molar-refractivity contribution in [2.75, 3.05) is 4.90 Å². The van der Waals surface area contributed by atoms with E-state index in [1.807, 2.05) is 65.8 Å². The van der Waals surface area contributed by atoms with E-state index in [9.17, 15) is 4.79 Å². The van der Waals surface area contributed by atoms with Crippen LogP contribution in [0.1, 0.15) is 45.2 Å². The molecule has 0 unspecified atom stereocenters. The van der Waals surface area contributed by atoms with Gasteiger partial charge >= 0.3 is 0 Å². The van der Waals surface area contributed by atoms with E-state index >= 15 is 0 Å². The molecule has 0 aliphatic carbocycles. The van der Waals surface area contributed by atoms with Crippen LogP contribution < -0.4 is 4.90 Å². The molecule has 3 aromatic rings. The molecule has 0 spiro atoms. The van der Waals surface area contributed by atoms with E-state index in [1.54, 1.807) is 0 Å². The van der Waals surface area contributed by atoms with Gasteiger partial charge in [0.15, 0.2) is 0 Å². The number of hydrogen-bond acceptors (Lipinski definition) is 2. The van der Waals surface area contributed by atoms with E-state index in [0.29, 0.717) is 6.54 Å². The Morgan fingerprint density at radius 2 is 1.73 bits per heavy atom. The third kappa shape index (κ3) is 3.96. The summed E-state index contributed by atoms with van der Waals surface area (Å²) >= 11 is 0. The third-order valence-electron chi connectivity index (χ3n) is 4.77. The first-order valence-corrected chi connectivity index (χ1v) is 9.52. The first kappa shape index (κ1) is 18.2. The first-order valence-electron chi connectivity index (χ1n) is 9.52. The van der Waals surface area contributed by atoms with Gasteiger partial charge in [0, 0.05) is 17.8 Å². The lowest BCUT2D eigenvalue weighted by Crippen LogP contribution is -2.36. The molecule has 0 N–H and O–H groups in total. The number of carbonyl (C=O) groups is 1. The highest BCUT2D eigenvalue weighted by molar-refractivity contribution is 5.94. The molecule has 26 heavy (non-hydrogen) atoms. The summed E-state index contributed by atoms with van der Waals surface area (Å²) in [5.41, 5.74) is 2.87. The predicted octanol–water partition coefficient (Wildman–Crippen LogP) is 5.08. The highest BCUT2D eigenvalue weighted by atomic mass is 16.2. The van der Waals surface area contributed by atoms with Crippen LogP contribution >= 0.6 is 0 Å². The van der Waals surface area contributed by atoms with Gasteiger partial charge in [0.05, 0.1) is 18.4 Å². The first-order chi connectivity index (χ1) is 12.7. The molecule has 1 amide bonds. The Morgan fingerprint density at radius 1 is 1.04 bits per heavy atom. The van der Waals surface area contributed by atoms with Crippen molar-refractivity contribution in [3.63, 3.8) is 0 Å². The summed E-state index contributed by atoms with van der Waals surface area (Å²) < 4.78 is 2.05. The molecule has 2 heterocycles. The molecule has 2 aromatic heterocycles. The number of benzene rings is 1. The minimum Gasteiger partial charge on any atom is -0.306 e. The molecule has 3 rings (SSSR count). The number of nitrogens with zero attached hydrogens (tertiary/aromatic N) is 3. The van der Waals surface area contributed by atoms with Crippen molar-refractivity contribution in [3.8, 4) is 0 Å². The van der Waals surface area contributed by atoms with Gasteiger partial charge < -0.3 is 9.30 Å². The zero-order chi connectivity index (χ0) is 18.4. The molecular formula is C22H27N3O. The summed E-state index contributed by atoms with van der Waals surface area (Å²) in [5, 5.41) is 0. The monoisotopic (exact) mass is 349 g/mol. The summed E-state index contributed by atoms with van der Waals surface area (Å²) in [6.45, 7) is 4.82. The number of rotatable bonds is 8. The molecule has 0 bridgehead atoms. The van der Waals surface area contributed by atoms with Gasteiger partial charge in [-0.25, -0.2) is 4.98 Å². The molecule has 4 heteroatoms. The summed E-state index contributed by atoms with van der Waals surface area (Å²) in [6, 6.07) is 15.9. The number of carbonyl (C=O) groups excluding carboxylic acids is 1. The molecule has 1 aromatic carbocycles. The van der Waals surface area contributed by atoms with Gasteiger partial charge in [0.25, 0.3) is 0 Å². The Hall–Kier alpha value is -2.62. The minimum absolute atomic E-state index is 0.0735. The van der Waals surface area contributed by atoms with E-state index in [4.69, 9.17) is 0 Å². The second-order valence-corrected chi connectivity index (χ2v) is 6.71. The number of fused-ring (bicyclic) bond motifs is 1. The van der Waals surface area contributed by atoms with Crippen molar-refractivity contribution in [1.29, 1.82) is 0 Å². The highest BCUT2D eigenvalue weighted by Crippen LogP contribution is 2.24. The lowest BCUT2D eigenvalue weighted by atomic mass is 9.96. The lowest BCUT2D eigenvalue weighted by molar-refractivity contribution is -0.123. The van der Waals surface area contributed by atoms with Gasteiger partial charge in [-0.2, -0.15) is 0 Å². The Labute approximate surface area is 155 Å². The number of anilines is 1. The summed E-state index contributed by atoms with van der Waals surface area (Å²) in [5.74, 6) is 0.287. The van der Waals surface area contributed by atoms with Crippen LogP contribution in [-0.4, -0.2) is 15.3 Å². The molecule has 0 saturated heterocycles. The van der Waals surface area contributed by atoms with E-state index in [0.717, 1.165) is 42.7 Å². The number of aromatic nitrogens is 2. The zero-order valence-electron chi connectivity index (χ0n) is 15.6. The molecule has 0 saturated carbocycles. The Balaban J connectivity index is 1.94. The second kappa shape index (κ2) is 8.65. The van der Waals surface area contributed by atoms with Crippen LogP contribution in [0.5, 0.6) is 0 Å². The van der Waals surface area contributed by atoms with Gasteiger partial charge in [0.2, 0.25) is 5.91 Å². The topological polar surface area (TPSA) is 37.6 Å². The van der Waals surface area contributed by atoms with Gasteiger partial charge in [0.1, 0.15) is 5.65 Å². The highest BCUT2D eigenvalue weighted by Gasteiger charge is 2.25. The van der Waals surface area contributed by atoms with Crippen molar-refractivity contribution >= 4 is 17.2 Å². The molecule has 0 atom stereocenters. The van der Waals surface area contributed by atoms with E-state index in [2.05, 4.69) is 23.2 Å². The van der Waals surface area contributed by atoms with Gasteiger partial charge in [-0.1, -0.05) is 51.0 Å². The van der Waals surface area contributed by atoms with Crippen LogP contribution in [0, 0.1) is 5.92 Å². The number of imidazole rings is 1. The van der Waals surface area contributed by atoms with Crippen LogP contribution in [0.3, 0.4) is 0 Å². The molecule has 0 aliphatic heterocycles. The summed E-state index contributed by atoms with van der Waals surface area (Å²) in [6.07, 6.45) is 7.78. The van der Waals surface area contributed by atoms with Crippen LogP contribution in [0.15, 0.2) is 60.9 Å². The van der Waals surface area contributed by atoms with Crippen molar-refractivity contribution in [2.45, 2.75) is 46.1 Å². The molecule has 136 valence electrons. The summed E-state index contributed by atoms with van der Waals surface area (Å²) in [7, 11) is 0. The number of para-hydroxylation sites is 1. The fourth-order valence-corrected chi connectivity index (χ4v) is 3.48. The van der Waals surface area contributed by atoms with E-state index < -0.39 is 0 Å². The van der Waals surface area contributed by atoms with Gasteiger partial charge in [-0.15, -0.1) is 0 Å². The number of amides is 1. The smallest absolute Gasteiger partial charge is 0.230 e. The van der Waals surface area contributed by atoms with Crippen molar-refractivity contribution < 1.29 is 4.79 Å². The van der Waals surface area contributed by atoms with E-state index in [-0.39, 0.29) is 11.8 Å². The molecule has 0 radical (unpaired) electrons. The maximum absolute atomic E-state index is 13.4. The predicted molar refractivity (Wildman–Crippen MR) is 106 cm³/mol. The van der Waals surface area contributed by atoms with Crippen LogP contribution in [0.25, 0.3) is 5.65 Å². The van der Waals surface area contributed by atoms with E-state index in [1.165, 1.54) is 0 Å². The van der Waals surface area contributed by atoms with Gasteiger partial charge in [-0.05, 0) is 37.1 Å². The third-order valence-corrected chi connectivity index (χ3v) is 4.77. The fraction of sp³-hybridized carbons (Fsp3) is 0.364. The van der Waals surface area contributed by atoms with Gasteiger partial charge in [-0.3, -0.25) is 4.79 Å². The maximum atomic E-state index is 13.4.